The van der Waals surface area contributed by atoms with Crippen LogP contribution in [0.5, 0.6) is 0 Å². The van der Waals surface area contributed by atoms with Crippen molar-refractivity contribution >= 4 is 34.2 Å². The molecule has 1 amide bonds. The molecule has 0 saturated carbocycles. The first-order chi connectivity index (χ1) is 15.2. The topological polar surface area (TPSA) is 78.0 Å². The minimum atomic E-state index is -0.581. The summed E-state index contributed by atoms with van der Waals surface area (Å²) in [7, 11) is 1.76. The van der Waals surface area contributed by atoms with Gasteiger partial charge in [0.2, 0.25) is 5.91 Å². The third-order valence-corrected chi connectivity index (χ3v) is 5.88. The van der Waals surface area contributed by atoms with E-state index in [-0.39, 0.29) is 6.54 Å². The van der Waals surface area contributed by atoms with Gasteiger partial charge >= 0.3 is 5.69 Å². The van der Waals surface area contributed by atoms with E-state index in [0.29, 0.717) is 27.4 Å². The second-order valence-corrected chi connectivity index (χ2v) is 8.36. The standard InChI is InChI=1S/C24H23ClN4O3/c1-14-5-8-17(9-6-14)29-23(31)22-20(12-16(3)27(22)4)28(24(29)32)13-21(30)26-19-10-7-15(2)11-18(19)25/h5-12H,13H2,1-4H3,(H,26,30). The lowest BCUT2D eigenvalue weighted by atomic mass is 10.2. The lowest BCUT2D eigenvalue weighted by Crippen LogP contribution is -2.41. The van der Waals surface area contributed by atoms with Crippen LogP contribution in [0, 0.1) is 20.8 Å². The number of hydrogen-bond acceptors (Lipinski definition) is 3. The van der Waals surface area contributed by atoms with Gasteiger partial charge in [-0.15, -0.1) is 0 Å². The van der Waals surface area contributed by atoms with Crippen molar-refractivity contribution in [3.05, 3.63) is 91.2 Å². The van der Waals surface area contributed by atoms with Gasteiger partial charge in [0.1, 0.15) is 12.1 Å². The normalized spacial score (nSPS) is 11.2. The highest BCUT2D eigenvalue weighted by molar-refractivity contribution is 6.33. The summed E-state index contributed by atoms with van der Waals surface area (Å²) in [5.41, 5.74) is 3.43. The average molecular weight is 451 g/mol. The summed E-state index contributed by atoms with van der Waals surface area (Å²) in [5.74, 6) is -0.422. The van der Waals surface area contributed by atoms with Crippen molar-refractivity contribution < 1.29 is 4.79 Å². The van der Waals surface area contributed by atoms with Crippen molar-refractivity contribution in [3.8, 4) is 5.69 Å². The van der Waals surface area contributed by atoms with Crippen LogP contribution in [-0.2, 0) is 18.4 Å². The minimum absolute atomic E-state index is 0.269. The first-order valence-electron chi connectivity index (χ1n) is 10.1. The van der Waals surface area contributed by atoms with Gasteiger partial charge in [-0.3, -0.25) is 14.2 Å². The Kier molecular flexibility index (Phi) is 5.52. The first-order valence-corrected chi connectivity index (χ1v) is 10.5. The fourth-order valence-corrected chi connectivity index (χ4v) is 4.00. The molecule has 0 saturated heterocycles. The molecule has 0 fully saturated rings. The minimum Gasteiger partial charge on any atom is -0.342 e. The average Bonchev–Trinajstić information content (AvgIpc) is 3.03. The number of carbonyl (C=O) groups excluding carboxylic acids is 1. The third-order valence-electron chi connectivity index (χ3n) is 5.56. The van der Waals surface area contributed by atoms with Gasteiger partial charge in [0.05, 0.1) is 21.9 Å². The number of amides is 1. The molecular weight excluding hydrogens is 428 g/mol. The fraction of sp³-hybridized carbons (Fsp3) is 0.208. The van der Waals surface area contributed by atoms with Gasteiger partial charge in [0.25, 0.3) is 5.56 Å². The summed E-state index contributed by atoms with van der Waals surface area (Å²) in [6, 6.07) is 14.1. The molecule has 7 nitrogen and oxygen atoms in total. The van der Waals surface area contributed by atoms with Gasteiger partial charge in [-0.2, -0.15) is 0 Å². The lowest BCUT2D eigenvalue weighted by molar-refractivity contribution is -0.116. The summed E-state index contributed by atoms with van der Waals surface area (Å²) >= 11 is 6.23. The zero-order chi connectivity index (χ0) is 23.2. The Morgan fingerprint density at radius 3 is 2.28 bits per heavy atom. The van der Waals surface area contributed by atoms with E-state index in [1.165, 1.54) is 4.57 Å². The highest BCUT2D eigenvalue weighted by Gasteiger charge is 2.20. The van der Waals surface area contributed by atoms with E-state index in [9.17, 15) is 14.4 Å². The molecule has 0 spiro atoms. The second-order valence-electron chi connectivity index (χ2n) is 7.95. The molecule has 0 atom stereocenters. The number of anilines is 1. The fourth-order valence-electron chi connectivity index (χ4n) is 3.72. The van der Waals surface area contributed by atoms with Crippen molar-refractivity contribution in [2.45, 2.75) is 27.3 Å². The van der Waals surface area contributed by atoms with Gasteiger partial charge in [0.15, 0.2) is 0 Å². The Morgan fingerprint density at radius 1 is 0.969 bits per heavy atom. The Bertz CT molecular complexity index is 1480. The van der Waals surface area contributed by atoms with Crippen LogP contribution in [0.3, 0.4) is 0 Å². The quantitative estimate of drug-likeness (QED) is 0.515. The number of nitrogens with one attached hydrogen (secondary N) is 1. The van der Waals surface area contributed by atoms with E-state index in [1.807, 2.05) is 39.0 Å². The molecule has 0 aliphatic carbocycles. The maximum Gasteiger partial charge on any atom is 0.336 e. The predicted molar refractivity (Wildman–Crippen MR) is 127 cm³/mol. The summed E-state index contributed by atoms with van der Waals surface area (Å²) < 4.78 is 4.15. The lowest BCUT2D eigenvalue weighted by Gasteiger charge is -2.14. The molecule has 1 N–H and O–H groups in total. The Balaban J connectivity index is 1.86. The summed E-state index contributed by atoms with van der Waals surface area (Å²) in [4.78, 5) is 39.6. The van der Waals surface area contributed by atoms with Gasteiger partial charge in [-0.25, -0.2) is 9.36 Å². The second kappa shape index (κ2) is 8.16. The van der Waals surface area contributed by atoms with Crippen LogP contribution < -0.4 is 16.6 Å². The van der Waals surface area contributed by atoms with Crippen LogP contribution in [0.15, 0.2) is 58.1 Å². The molecule has 0 bridgehead atoms. The molecule has 0 radical (unpaired) electrons. The molecule has 2 aromatic carbocycles. The zero-order valence-electron chi connectivity index (χ0n) is 18.3. The van der Waals surface area contributed by atoms with Gasteiger partial charge in [-0.05, 0) is 56.7 Å². The zero-order valence-corrected chi connectivity index (χ0v) is 19.0. The summed E-state index contributed by atoms with van der Waals surface area (Å²) in [6.07, 6.45) is 0. The Morgan fingerprint density at radius 2 is 1.62 bits per heavy atom. The number of aryl methyl sites for hydroxylation is 4. The van der Waals surface area contributed by atoms with Crippen LogP contribution in [-0.4, -0.2) is 19.6 Å². The predicted octanol–water partition coefficient (Wildman–Crippen LogP) is 3.71. The van der Waals surface area contributed by atoms with E-state index in [0.717, 1.165) is 21.4 Å². The number of benzene rings is 2. The summed E-state index contributed by atoms with van der Waals surface area (Å²) in [5, 5.41) is 3.17. The summed E-state index contributed by atoms with van der Waals surface area (Å²) in [6.45, 7) is 5.40. The van der Waals surface area contributed by atoms with E-state index in [1.54, 1.807) is 41.9 Å². The number of nitrogens with zero attached hydrogens (tertiary/aromatic N) is 3. The number of carbonyl (C=O) groups is 1. The largest absolute Gasteiger partial charge is 0.342 e. The van der Waals surface area contributed by atoms with Gasteiger partial charge in [-0.1, -0.05) is 35.4 Å². The molecule has 0 unspecified atom stereocenters. The molecule has 2 heterocycles. The molecule has 8 heteroatoms. The van der Waals surface area contributed by atoms with E-state index in [4.69, 9.17) is 11.6 Å². The molecule has 0 aliphatic heterocycles. The van der Waals surface area contributed by atoms with Crippen LogP contribution >= 0.6 is 11.6 Å². The molecule has 4 rings (SSSR count). The van der Waals surface area contributed by atoms with Crippen molar-refractivity contribution in [3.63, 3.8) is 0 Å². The van der Waals surface area contributed by atoms with Gasteiger partial charge in [0, 0.05) is 12.7 Å². The van der Waals surface area contributed by atoms with Crippen LogP contribution in [0.1, 0.15) is 16.8 Å². The smallest absolute Gasteiger partial charge is 0.336 e. The maximum atomic E-state index is 13.4. The number of aromatic nitrogens is 3. The molecule has 4 aromatic rings. The highest BCUT2D eigenvalue weighted by atomic mass is 35.5. The Labute approximate surface area is 189 Å². The molecule has 0 aliphatic rings. The number of hydrogen-bond donors (Lipinski definition) is 1. The van der Waals surface area contributed by atoms with Crippen LogP contribution in [0.25, 0.3) is 16.7 Å². The van der Waals surface area contributed by atoms with Gasteiger partial charge < -0.3 is 9.88 Å². The third kappa shape index (κ3) is 3.76. The van der Waals surface area contributed by atoms with E-state index >= 15 is 0 Å². The monoisotopic (exact) mass is 450 g/mol. The van der Waals surface area contributed by atoms with Crippen molar-refractivity contribution in [1.29, 1.82) is 0 Å². The number of rotatable bonds is 4. The van der Waals surface area contributed by atoms with E-state index < -0.39 is 17.2 Å². The first kappa shape index (κ1) is 21.6. The molecular formula is C24H23ClN4O3. The Hall–Kier alpha value is -3.58. The molecule has 32 heavy (non-hydrogen) atoms. The van der Waals surface area contributed by atoms with Crippen molar-refractivity contribution in [2.24, 2.45) is 7.05 Å². The molecule has 2 aromatic heterocycles. The maximum absolute atomic E-state index is 13.4. The number of halogens is 1. The van der Waals surface area contributed by atoms with Crippen LogP contribution in [0.2, 0.25) is 5.02 Å². The molecule has 164 valence electrons. The number of fused-ring (bicyclic) bond motifs is 1. The highest BCUT2D eigenvalue weighted by Crippen LogP contribution is 2.23. The van der Waals surface area contributed by atoms with Crippen molar-refractivity contribution in [1.82, 2.24) is 13.7 Å². The van der Waals surface area contributed by atoms with E-state index in [2.05, 4.69) is 5.32 Å². The van der Waals surface area contributed by atoms with Crippen LogP contribution in [0.4, 0.5) is 5.69 Å². The SMILES string of the molecule is Cc1ccc(-n2c(=O)c3c(cc(C)n3C)n(CC(=O)Nc3ccc(C)cc3Cl)c2=O)cc1. The van der Waals surface area contributed by atoms with Crippen molar-refractivity contribution in [2.75, 3.05) is 5.32 Å².